The molecule has 0 spiro atoms. The highest BCUT2D eigenvalue weighted by molar-refractivity contribution is 7.13. The Balaban J connectivity index is 1.81. The number of nitrogens with zero attached hydrogens (tertiary/aromatic N) is 3. The van der Waals surface area contributed by atoms with Gasteiger partial charge in [0.05, 0.1) is 14.2 Å². The van der Waals surface area contributed by atoms with E-state index >= 15 is 0 Å². The first-order valence-electron chi connectivity index (χ1n) is 7.39. The molecular formula is C17H16N4O3S. The summed E-state index contributed by atoms with van der Waals surface area (Å²) in [6.45, 7) is 1.76. The molecule has 3 aromatic rings. The van der Waals surface area contributed by atoms with Crippen molar-refractivity contribution in [1.29, 1.82) is 0 Å². The molecular weight excluding hydrogens is 340 g/mol. The van der Waals surface area contributed by atoms with Crippen LogP contribution in [0.3, 0.4) is 0 Å². The van der Waals surface area contributed by atoms with Crippen LogP contribution in [-0.2, 0) is 0 Å². The van der Waals surface area contributed by atoms with Gasteiger partial charge in [-0.25, -0.2) is 15.0 Å². The summed E-state index contributed by atoms with van der Waals surface area (Å²) in [7, 11) is 3.16. The van der Waals surface area contributed by atoms with Crippen LogP contribution in [0.1, 0.15) is 16.3 Å². The van der Waals surface area contributed by atoms with Gasteiger partial charge in [-0.2, -0.15) is 0 Å². The van der Waals surface area contributed by atoms with Crippen LogP contribution in [0.2, 0.25) is 0 Å². The fourth-order valence-electron chi connectivity index (χ4n) is 2.19. The molecule has 1 aromatic carbocycles. The van der Waals surface area contributed by atoms with E-state index in [9.17, 15) is 4.79 Å². The van der Waals surface area contributed by atoms with E-state index in [0.717, 1.165) is 5.56 Å². The van der Waals surface area contributed by atoms with Crippen LogP contribution in [0.15, 0.2) is 35.8 Å². The topological polar surface area (TPSA) is 86.2 Å². The first-order chi connectivity index (χ1) is 12.1. The molecule has 0 aliphatic carbocycles. The molecule has 0 bridgehead atoms. The maximum Gasteiger partial charge on any atom is 0.276 e. The summed E-state index contributed by atoms with van der Waals surface area (Å²) < 4.78 is 10.5. The number of aromatic nitrogens is 3. The largest absolute Gasteiger partial charge is 0.493 e. The van der Waals surface area contributed by atoms with Gasteiger partial charge in [-0.05, 0) is 31.2 Å². The number of hydrogen-bond donors (Lipinski definition) is 1. The number of carbonyl (C=O) groups excluding carboxylic acids is 1. The average molecular weight is 356 g/mol. The van der Waals surface area contributed by atoms with E-state index in [1.165, 1.54) is 11.3 Å². The highest BCUT2D eigenvalue weighted by Crippen LogP contribution is 2.33. The molecule has 0 saturated carbocycles. The van der Waals surface area contributed by atoms with Crippen LogP contribution in [0.5, 0.6) is 11.5 Å². The van der Waals surface area contributed by atoms with Gasteiger partial charge in [0.2, 0.25) is 0 Å². The van der Waals surface area contributed by atoms with Crippen molar-refractivity contribution in [3.8, 4) is 22.1 Å². The number of ether oxygens (including phenoxy) is 2. The number of thiazole rings is 1. The van der Waals surface area contributed by atoms with Gasteiger partial charge in [-0.3, -0.25) is 4.79 Å². The Bertz CT molecular complexity index is 910. The van der Waals surface area contributed by atoms with Crippen molar-refractivity contribution >= 4 is 23.1 Å². The van der Waals surface area contributed by atoms with E-state index in [4.69, 9.17) is 9.47 Å². The molecule has 7 nitrogen and oxygen atoms in total. The quantitative estimate of drug-likeness (QED) is 0.756. The van der Waals surface area contributed by atoms with Crippen LogP contribution in [0, 0.1) is 6.92 Å². The fraction of sp³-hybridized carbons (Fsp3) is 0.176. The molecule has 0 saturated heterocycles. The summed E-state index contributed by atoms with van der Waals surface area (Å²) in [6.07, 6.45) is 1.59. The number of methoxy groups -OCH3 is 2. The summed E-state index contributed by atoms with van der Waals surface area (Å²) >= 11 is 1.38. The second kappa shape index (κ2) is 7.27. The molecule has 8 heteroatoms. The summed E-state index contributed by atoms with van der Waals surface area (Å²) in [5.41, 5.74) is 1.17. The molecule has 0 aliphatic heterocycles. The molecule has 1 N–H and O–H groups in total. The lowest BCUT2D eigenvalue weighted by atomic mass is 10.2. The van der Waals surface area contributed by atoms with Crippen LogP contribution >= 0.6 is 11.3 Å². The zero-order valence-corrected chi connectivity index (χ0v) is 14.8. The minimum absolute atomic E-state index is 0.318. The fourth-order valence-corrected chi connectivity index (χ4v) is 2.98. The van der Waals surface area contributed by atoms with E-state index in [2.05, 4.69) is 20.3 Å². The van der Waals surface area contributed by atoms with Crippen LogP contribution < -0.4 is 14.8 Å². The van der Waals surface area contributed by atoms with Crippen molar-refractivity contribution in [1.82, 2.24) is 15.0 Å². The number of benzene rings is 1. The predicted molar refractivity (Wildman–Crippen MR) is 95.4 cm³/mol. The number of aryl methyl sites for hydroxylation is 1. The monoisotopic (exact) mass is 356 g/mol. The molecule has 128 valence electrons. The van der Waals surface area contributed by atoms with E-state index in [-0.39, 0.29) is 5.91 Å². The number of amides is 1. The molecule has 0 fully saturated rings. The van der Waals surface area contributed by atoms with Crippen molar-refractivity contribution in [2.24, 2.45) is 0 Å². The molecule has 2 aromatic heterocycles. The standard InChI is InChI=1S/C17H16N4O3S/c1-10-18-7-6-15(19-10)21-16(22)12-9-25-17(20-12)11-4-5-13(23-2)14(8-11)24-3/h4-9H,1-3H3,(H,18,19,21,22). The van der Waals surface area contributed by atoms with Crippen molar-refractivity contribution < 1.29 is 14.3 Å². The summed E-state index contributed by atoms with van der Waals surface area (Å²) in [6, 6.07) is 7.13. The normalized spacial score (nSPS) is 10.4. The van der Waals surface area contributed by atoms with E-state index in [0.29, 0.717) is 33.8 Å². The van der Waals surface area contributed by atoms with Crippen LogP contribution in [-0.4, -0.2) is 35.1 Å². The van der Waals surface area contributed by atoms with Crippen molar-refractivity contribution in [3.63, 3.8) is 0 Å². The van der Waals surface area contributed by atoms with Gasteiger partial charge >= 0.3 is 0 Å². The van der Waals surface area contributed by atoms with Crippen LogP contribution in [0.25, 0.3) is 10.6 Å². The maximum atomic E-state index is 12.3. The SMILES string of the molecule is COc1ccc(-c2nc(C(=O)Nc3ccnc(C)n3)cs2)cc1OC. The third kappa shape index (κ3) is 3.74. The van der Waals surface area contributed by atoms with E-state index in [1.807, 2.05) is 12.1 Å². The zero-order chi connectivity index (χ0) is 17.8. The number of nitrogens with one attached hydrogen (secondary N) is 1. The molecule has 2 heterocycles. The molecule has 25 heavy (non-hydrogen) atoms. The van der Waals surface area contributed by atoms with E-state index in [1.54, 1.807) is 44.9 Å². The third-order valence-corrected chi connectivity index (χ3v) is 4.28. The highest BCUT2D eigenvalue weighted by atomic mass is 32.1. The molecule has 0 aliphatic rings. The lowest BCUT2D eigenvalue weighted by Crippen LogP contribution is -2.13. The Labute approximate surface area is 148 Å². The van der Waals surface area contributed by atoms with Crippen molar-refractivity contribution in [3.05, 3.63) is 47.4 Å². The van der Waals surface area contributed by atoms with Gasteiger partial charge in [-0.1, -0.05) is 0 Å². The zero-order valence-electron chi connectivity index (χ0n) is 13.9. The summed E-state index contributed by atoms with van der Waals surface area (Å²) in [5.74, 6) is 1.96. The Morgan fingerprint density at radius 2 is 1.92 bits per heavy atom. The predicted octanol–water partition coefficient (Wildman–Crippen LogP) is 3.18. The molecule has 3 rings (SSSR count). The maximum absolute atomic E-state index is 12.3. The Morgan fingerprint density at radius 3 is 2.64 bits per heavy atom. The lowest BCUT2D eigenvalue weighted by molar-refractivity contribution is 0.102. The number of carbonyl (C=O) groups is 1. The molecule has 1 amide bonds. The summed E-state index contributed by atoms with van der Waals surface area (Å²) in [4.78, 5) is 24.9. The third-order valence-electron chi connectivity index (χ3n) is 3.38. The van der Waals surface area contributed by atoms with Gasteiger partial charge in [0.1, 0.15) is 22.3 Å². The highest BCUT2D eigenvalue weighted by Gasteiger charge is 2.14. The second-order valence-corrected chi connectivity index (χ2v) is 5.91. The van der Waals surface area contributed by atoms with Crippen molar-refractivity contribution in [2.75, 3.05) is 19.5 Å². The first kappa shape index (κ1) is 16.8. The molecule has 0 unspecified atom stereocenters. The van der Waals surface area contributed by atoms with Crippen molar-refractivity contribution in [2.45, 2.75) is 6.92 Å². The molecule has 0 radical (unpaired) electrons. The number of hydrogen-bond acceptors (Lipinski definition) is 7. The Kier molecular flexibility index (Phi) is 4.90. The first-order valence-corrected chi connectivity index (χ1v) is 8.27. The van der Waals surface area contributed by atoms with E-state index < -0.39 is 0 Å². The van der Waals surface area contributed by atoms with Crippen LogP contribution in [0.4, 0.5) is 5.82 Å². The van der Waals surface area contributed by atoms with Gasteiger partial charge in [0.25, 0.3) is 5.91 Å². The Hall–Kier alpha value is -3.00. The minimum Gasteiger partial charge on any atom is -0.493 e. The number of anilines is 1. The van der Waals surface area contributed by atoms with Gasteiger partial charge < -0.3 is 14.8 Å². The van der Waals surface area contributed by atoms with Gasteiger partial charge in [-0.15, -0.1) is 11.3 Å². The van der Waals surface area contributed by atoms with Gasteiger partial charge in [0, 0.05) is 17.1 Å². The lowest BCUT2D eigenvalue weighted by Gasteiger charge is -2.08. The average Bonchev–Trinajstić information content (AvgIpc) is 3.11. The minimum atomic E-state index is -0.318. The summed E-state index contributed by atoms with van der Waals surface area (Å²) in [5, 5.41) is 5.13. The smallest absolute Gasteiger partial charge is 0.276 e. The molecule has 0 atom stereocenters. The van der Waals surface area contributed by atoms with Gasteiger partial charge in [0.15, 0.2) is 11.5 Å². The number of rotatable bonds is 5. The Morgan fingerprint density at radius 1 is 1.12 bits per heavy atom. The second-order valence-electron chi connectivity index (χ2n) is 5.05.